The summed E-state index contributed by atoms with van der Waals surface area (Å²) < 4.78 is 5.25. The highest BCUT2D eigenvalue weighted by Crippen LogP contribution is 2.26. The van der Waals surface area contributed by atoms with E-state index in [0.717, 1.165) is 60.6 Å². The molecule has 144 valence electrons. The van der Waals surface area contributed by atoms with Crippen LogP contribution in [0.25, 0.3) is 11.3 Å². The number of aryl methyl sites for hydroxylation is 3. The van der Waals surface area contributed by atoms with E-state index in [9.17, 15) is 4.79 Å². The highest BCUT2D eigenvalue weighted by molar-refractivity contribution is 5.94. The number of amides is 1. The van der Waals surface area contributed by atoms with Crippen LogP contribution < -0.4 is 0 Å². The van der Waals surface area contributed by atoms with Crippen LogP contribution in [0, 0.1) is 13.8 Å². The van der Waals surface area contributed by atoms with Gasteiger partial charge in [-0.2, -0.15) is 0 Å². The van der Waals surface area contributed by atoms with Gasteiger partial charge in [-0.3, -0.25) is 14.8 Å². The monoisotopic (exact) mass is 377 g/mol. The number of rotatable bonds is 5. The molecule has 1 atom stereocenters. The van der Waals surface area contributed by atoms with E-state index < -0.39 is 0 Å². The first-order valence-corrected chi connectivity index (χ1v) is 9.58. The summed E-state index contributed by atoms with van der Waals surface area (Å²) in [7, 11) is 0. The van der Waals surface area contributed by atoms with Gasteiger partial charge in [-0.1, -0.05) is 5.16 Å². The maximum atomic E-state index is 12.8. The zero-order valence-corrected chi connectivity index (χ0v) is 16.1. The predicted octanol–water partition coefficient (Wildman–Crippen LogP) is 3.38. The Morgan fingerprint density at radius 1 is 1.25 bits per heavy atom. The Balaban J connectivity index is 1.46. The lowest BCUT2D eigenvalue weighted by atomic mass is 10.1. The number of hydrogen-bond acceptors (Lipinski definition) is 6. The van der Waals surface area contributed by atoms with E-state index >= 15 is 0 Å². The molecule has 0 N–H and O–H groups in total. The first-order valence-electron chi connectivity index (χ1n) is 9.58. The van der Waals surface area contributed by atoms with Gasteiger partial charge in [0.25, 0.3) is 5.91 Å². The van der Waals surface area contributed by atoms with E-state index in [-0.39, 0.29) is 11.9 Å². The quantitative estimate of drug-likeness (QED) is 0.678. The van der Waals surface area contributed by atoms with Gasteiger partial charge in [0.1, 0.15) is 5.76 Å². The maximum absolute atomic E-state index is 12.8. The van der Waals surface area contributed by atoms with E-state index in [4.69, 9.17) is 9.51 Å². The molecule has 0 bridgehead atoms. The standard InChI is InChI=1S/C21H23N5O2/c1-14-20(15(2)28-25-14)19-13-23-12-17(24-19)7-8-18-6-4-10-26(18)21(27)16-5-3-9-22-11-16/h3,5,9,11-13,18H,4,6-8,10H2,1-2H3/t18-/m0/s1. The minimum Gasteiger partial charge on any atom is -0.361 e. The molecule has 7 heteroatoms. The fourth-order valence-electron chi connectivity index (χ4n) is 3.87. The molecular weight excluding hydrogens is 354 g/mol. The Labute approximate surface area is 163 Å². The fourth-order valence-corrected chi connectivity index (χ4v) is 3.87. The first-order chi connectivity index (χ1) is 13.6. The van der Waals surface area contributed by atoms with Crippen LogP contribution in [0.5, 0.6) is 0 Å². The summed E-state index contributed by atoms with van der Waals surface area (Å²) >= 11 is 0. The number of carbonyl (C=O) groups is 1. The second kappa shape index (κ2) is 7.88. The maximum Gasteiger partial charge on any atom is 0.255 e. The topological polar surface area (TPSA) is 85.0 Å². The molecule has 4 heterocycles. The molecule has 3 aromatic rings. The molecule has 1 amide bonds. The molecule has 0 aromatic carbocycles. The molecular formula is C21H23N5O2. The van der Waals surface area contributed by atoms with Crippen molar-refractivity contribution in [3.8, 4) is 11.3 Å². The molecule has 1 fully saturated rings. The third-order valence-electron chi connectivity index (χ3n) is 5.25. The van der Waals surface area contributed by atoms with E-state index in [1.165, 1.54) is 0 Å². The molecule has 28 heavy (non-hydrogen) atoms. The van der Waals surface area contributed by atoms with Crippen molar-refractivity contribution in [3.63, 3.8) is 0 Å². The van der Waals surface area contributed by atoms with E-state index in [2.05, 4.69) is 15.1 Å². The van der Waals surface area contributed by atoms with Gasteiger partial charge in [-0.05, 0) is 51.7 Å². The molecule has 0 radical (unpaired) electrons. The van der Waals surface area contributed by atoms with Crippen molar-refractivity contribution < 1.29 is 9.32 Å². The molecule has 3 aromatic heterocycles. The molecule has 0 aliphatic carbocycles. The average Bonchev–Trinajstić information content (AvgIpc) is 3.33. The third kappa shape index (κ3) is 3.65. The SMILES string of the molecule is Cc1noc(C)c1-c1cncc(CC[C@@H]2CCCN2C(=O)c2cccnc2)n1. The lowest BCUT2D eigenvalue weighted by molar-refractivity contribution is 0.0730. The molecule has 1 aliphatic heterocycles. The largest absolute Gasteiger partial charge is 0.361 e. The summed E-state index contributed by atoms with van der Waals surface area (Å²) in [4.78, 5) is 27.9. The molecule has 0 spiro atoms. The summed E-state index contributed by atoms with van der Waals surface area (Å²) in [5.74, 6) is 0.805. The van der Waals surface area contributed by atoms with Crippen LogP contribution in [-0.2, 0) is 6.42 Å². The van der Waals surface area contributed by atoms with E-state index in [1.807, 2.05) is 24.8 Å². The summed E-state index contributed by atoms with van der Waals surface area (Å²) in [6, 6.07) is 3.84. The minimum absolute atomic E-state index is 0.0613. The first kappa shape index (κ1) is 18.3. The number of pyridine rings is 1. The highest BCUT2D eigenvalue weighted by atomic mass is 16.5. The summed E-state index contributed by atoms with van der Waals surface area (Å²) in [6.07, 6.45) is 10.5. The number of hydrogen-bond donors (Lipinski definition) is 0. The van der Waals surface area contributed by atoms with Crippen LogP contribution in [-0.4, -0.2) is 43.5 Å². The number of nitrogens with zero attached hydrogens (tertiary/aromatic N) is 5. The van der Waals surface area contributed by atoms with Crippen LogP contribution in [0.2, 0.25) is 0 Å². The molecule has 7 nitrogen and oxygen atoms in total. The van der Waals surface area contributed by atoms with Crippen molar-refractivity contribution >= 4 is 5.91 Å². The van der Waals surface area contributed by atoms with Gasteiger partial charge < -0.3 is 9.42 Å². The van der Waals surface area contributed by atoms with Crippen molar-refractivity contribution in [2.45, 2.75) is 45.6 Å². The fraction of sp³-hybridized carbons (Fsp3) is 0.381. The molecule has 0 saturated carbocycles. The van der Waals surface area contributed by atoms with Gasteiger partial charge >= 0.3 is 0 Å². The van der Waals surface area contributed by atoms with E-state index in [1.54, 1.807) is 30.9 Å². The van der Waals surface area contributed by atoms with Gasteiger partial charge in [-0.15, -0.1) is 0 Å². The predicted molar refractivity (Wildman–Crippen MR) is 104 cm³/mol. The summed E-state index contributed by atoms with van der Waals surface area (Å²) in [6.45, 7) is 4.58. The summed E-state index contributed by atoms with van der Waals surface area (Å²) in [5.41, 5.74) is 4.06. The van der Waals surface area contributed by atoms with E-state index in [0.29, 0.717) is 5.56 Å². The average molecular weight is 377 g/mol. The Kier molecular flexibility index (Phi) is 5.14. The summed E-state index contributed by atoms with van der Waals surface area (Å²) in [5, 5.41) is 4.00. The molecule has 1 saturated heterocycles. The van der Waals surface area contributed by atoms with Crippen LogP contribution in [0.15, 0.2) is 41.4 Å². The number of likely N-dealkylation sites (tertiary alicyclic amines) is 1. The smallest absolute Gasteiger partial charge is 0.255 e. The van der Waals surface area contributed by atoms with Crippen LogP contribution in [0.4, 0.5) is 0 Å². The number of aromatic nitrogens is 4. The van der Waals surface area contributed by atoms with Crippen molar-refractivity contribution in [1.29, 1.82) is 0 Å². The third-order valence-corrected chi connectivity index (χ3v) is 5.25. The Hall–Kier alpha value is -3.09. The van der Waals surface area contributed by atoms with Gasteiger partial charge in [0.2, 0.25) is 0 Å². The molecule has 1 aliphatic rings. The van der Waals surface area contributed by atoms with Crippen molar-refractivity contribution in [3.05, 3.63) is 59.6 Å². The minimum atomic E-state index is 0.0613. The zero-order valence-electron chi connectivity index (χ0n) is 16.1. The number of carbonyl (C=O) groups excluding carboxylic acids is 1. The lowest BCUT2D eigenvalue weighted by Crippen LogP contribution is -2.35. The van der Waals surface area contributed by atoms with Gasteiger partial charge in [0.05, 0.1) is 34.4 Å². The highest BCUT2D eigenvalue weighted by Gasteiger charge is 2.29. The Bertz CT molecular complexity index is 950. The van der Waals surface area contributed by atoms with Crippen LogP contribution in [0.3, 0.4) is 0 Å². The van der Waals surface area contributed by atoms with Gasteiger partial charge in [0.15, 0.2) is 0 Å². The second-order valence-corrected chi connectivity index (χ2v) is 7.17. The lowest BCUT2D eigenvalue weighted by Gasteiger charge is -2.24. The zero-order chi connectivity index (χ0) is 19.5. The van der Waals surface area contributed by atoms with Crippen LogP contribution in [0.1, 0.15) is 46.8 Å². The van der Waals surface area contributed by atoms with Crippen molar-refractivity contribution in [2.75, 3.05) is 6.54 Å². The van der Waals surface area contributed by atoms with Gasteiger partial charge in [-0.25, -0.2) is 4.98 Å². The van der Waals surface area contributed by atoms with Crippen molar-refractivity contribution in [1.82, 2.24) is 25.0 Å². The van der Waals surface area contributed by atoms with Crippen LogP contribution >= 0.6 is 0 Å². The molecule has 0 unspecified atom stereocenters. The Morgan fingerprint density at radius 2 is 2.14 bits per heavy atom. The van der Waals surface area contributed by atoms with Crippen molar-refractivity contribution in [2.24, 2.45) is 0 Å². The normalized spacial score (nSPS) is 16.5. The van der Waals surface area contributed by atoms with Gasteiger partial charge in [0, 0.05) is 31.2 Å². The Morgan fingerprint density at radius 3 is 2.89 bits per heavy atom. The molecule has 4 rings (SSSR count). The second-order valence-electron chi connectivity index (χ2n) is 7.17.